The van der Waals surface area contributed by atoms with Crippen molar-refractivity contribution >= 4 is 23.4 Å². The first-order valence-corrected chi connectivity index (χ1v) is 7.73. The monoisotopic (exact) mass is 300 g/mol. The van der Waals surface area contributed by atoms with Crippen LogP contribution >= 0.6 is 11.6 Å². The van der Waals surface area contributed by atoms with Crippen LogP contribution < -0.4 is 10.6 Å². The van der Waals surface area contributed by atoms with Crippen molar-refractivity contribution in [3.63, 3.8) is 0 Å². The van der Waals surface area contributed by atoms with Crippen LogP contribution in [-0.2, 0) is 4.74 Å². The van der Waals surface area contributed by atoms with Crippen molar-refractivity contribution in [2.45, 2.75) is 39.5 Å². The molecular weight excluding hydrogens is 276 g/mol. The van der Waals surface area contributed by atoms with E-state index in [-0.39, 0.29) is 0 Å². The fourth-order valence-corrected chi connectivity index (χ4v) is 1.70. The van der Waals surface area contributed by atoms with Gasteiger partial charge in [-0.05, 0) is 19.3 Å². The SMILES string of the molecule is CCCCOCCCNc1nc(NCCC)ncc1Cl. The molecule has 0 aliphatic rings. The Hall–Kier alpha value is -1.07. The second-order valence-corrected chi connectivity index (χ2v) is 4.97. The van der Waals surface area contributed by atoms with Crippen LogP contribution in [0.15, 0.2) is 6.20 Å². The highest BCUT2D eigenvalue weighted by atomic mass is 35.5. The van der Waals surface area contributed by atoms with E-state index >= 15 is 0 Å². The van der Waals surface area contributed by atoms with Crippen LogP contribution in [0.1, 0.15) is 39.5 Å². The zero-order chi connectivity index (χ0) is 14.6. The molecule has 0 saturated carbocycles. The summed E-state index contributed by atoms with van der Waals surface area (Å²) in [5.41, 5.74) is 0. The van der Waals surface area contributed by atoms with Gasteiger partial charge in [0.25, 0.3) is 0 Å². The molecule has 0 fully saturated rings. The molecule has 0 radical (unpaired) electrons. The van der Waals surface area contributed by atoms with Crippen molar-refractivity contribution in [2.75, 3.05) is 36.9 Å². The molecule has 0 amide bonds. The number of ether oxygens (including phenoxy) is 1. The summed E-state index contributed by atoms with van der Waals surface area (Å²) in [4.78, 5) is 8.49. The zero-order valence-corrected chi connectivity index (χ0v) is 13.2. The summed E-state index contributed by atoms with van der Waals surface area (Å²) in [6, 6.07) is 0. The number of hydrogen-bond donors (Lipinski definition) is 2. The average Bonchev–Trinajstić information content (AvgIpc) is 2.46. The van der Waals surface area contributed by atoms with Gasteiger partial charge in [0.15, 0.2) is 0 Å². The molecule has 1 aromatic heterocycles. The number of nitrogens with one attached hydrogen (secondary N) is 2. The standard InChI is InChI=1S/C14H25ClN4O/c1-3-5-9-20-10-6-8-16-13-12(15)11-18-14(19-13)17-7-4-2/h11H,3-10H2,1-2H3,(H2,16,17,18,19). The van der Waals surface area contributed by atoms with Gasteiger partial charge in [-0.15, -0.1) is 0 Å². The number of unbranched alkanes of at least 4 members (excludes halogenated alkanes) is 1. The molecule has 0 atom stereocenters. The van der Waals surface area contributed by atoms with Crippen LogP contribution in [-0.4, -0.2) is 36.3 Å². The second kappa shape index (κ2) is 10.7. The van der Waals surface area contributed by atoms with E-state index in [0.717, 1.165) is 45.6 Å². The Morgan fingerprint density at radius 3 is 2.65 bits per heavy atom. The minimum Gasteiger partial charge on any atom is -0.381 e. The molecule has 1 heterocycles. The third kappa shape index (κ3) is 6.91. The highest BCUT2D eigenvalue weighted by Crippen LogP contribution is 2.19. The zero-order valence-electron chi connectivity index (χ0n) is 12.4. The number of aromatic nitrogens is 2. The normalized spacial score (nSPS) is 10.6. The molecule has 0 aliphatic carbocycles. The van der Waals surface area contributed by atoms with Crippen molar-refractivity contribution in [2.24, 2.45) is 0 Å². The fraction of sp³-hybridized carbons (Fsp3) is 0.714. The molecule has 1 aromatic rings. The molecular formula is C14H25ClN4O. The molecule has 6 heteroatoms. The Morgan fingerprint density at radius 2 is 1.90 bits per heavy atom. The van der Waals surface area contributed by atoms with Gasteiger partial charge in [-0.2, -0.15) is 4.98 Å². The summed E-state index contributed by atoms with van der Waals surface area (Å²) in [6.45, 7) is 7.50. The van der Waals surface area contributed by atoms with Crippen molar-refractivity contribution in [3.05, 3.63) is 11.2 Å². The van der Waals surface area contributed by atoms with E-state index < -0.39 is 0 Å². The minimum absolute atomic E-state index is 0.541. The van der Waals surface area contributed by atoms with E-state index in [2.05, 4.69) is 34.4 Å². The summed E-state index contributed by atoms with van der Waals surface area (Å²) in [6.07, 6.45) is 5.87. The molecule has 1 rings (SSSR count). The Labute approximate surface area is 126 Å². The lowest BCUT2D eigenvalue weighted by Gasteiger charge is -2.09. The number of hydrogen-bond acceptors (Lipinski definition) is 5. The lowest BCUT2D eigenvalue weighted by atomic mass is 10.3. The lowest BCUT2D eigenvalue weighted by molar-refractivity contribution is 0.131. The molecule has 0 aromatic carbocycles. The summed E-state index contributed by atoms with van der Waals surface area (Å²) >= 11 is 6.07. The lowest BCUT2D eigenvalue weighted by Crippen LogP contribution is -2.10. The van der Waals surface area contributed by atoms with Gasteiger partial charge in [-0.25, -0.2) is 4.98 Å². The molecule has 0 saturated heterocycles. The highest BCUT2D eigenvalue weighted by molar-refractivity contribution is 6.32. The maximum Gasteiger partial charge on any atom is 0.224 e. The van der Waals surface area contributed by atoms with Gasteiger partial charge in [0, 0.05) is 26.3 Å². The summed E-state index contributed by atoms with van der Waals surface area (Å²) in [7, 11) is 0. The smallest absolute Gasteiger partial charge is 0.224 e. The van der Waals surface area contributed by atoms with Crippen molar-refractivity contribution in [3.8, 4) is 0 Å². The van der Waals surface area contributed by atoms with E-state index in [1.807, 2.05) is 0 Å². The topological polar surface area (TPSA) is 59.1 Å². The van der Waals surface area contributed by atoms with Crippen LogP contribution in [0, 0.1) is 0 Å². The van der Waals surface area contributed by atoms with Gasteiger partial charge in [-0.3, -0.25) is 0 Å². The van der Waals surface area contributed by atoms with E-state index in [1.54, 1.807) is 6.20 Å². The number of anilines is 2. The first kappa shape index (κ1) is 17.0. The predicted octanol–water partition coefficient (Wildman–Crippen LogP) is 3.57. The maximum atomic E-state index is 6.07. The largest absolute Gasteiger partial charge is 0.381 e. The van der Waals surface area contributed by atoms with Crippen molar-refractivity contribution < 1.29 is 4.74 Å². The van der Waals surface area contributed by atoms with Gasteiger partial charge in [0.1, 0.15) is 10.8 Å². The van der Waals surface area contributed by atoms with Crippen LogP contribution in [0.2, 0.25) is 5.02 Å². The average molecular weight is 301 g/mol. The number of nitrogens with zero attached hydrogens (tertiary/aromatic N) is 2. The molecule has 0 aliphatic heterocycles. The Morgan fingerprint density at radius 1 is 1.10 bits per heavy atom. The van der Waals surface area contributed by atoms with Gasteiger partial charge in [-0.1, -0.05) is 31.9 Å². The van der Waals surface area contributed by atoms with Crippen LogP contribution in [0.4, 0.5) is 11.8 Å². The van der Waals surface area contributed by atoms with Gasteiger partial charge >= 0.3 is 0 Å². The molecule has 0 unspecified atom stereocenters. The van der Waals surface area contributed by atoms with E-state index in [4.69, 9.17) is 16.3 Å². The first-order valence-electron chi connectivity index (χ1n) is 7.36. The molecule has 0 spiro atoms. The minimum atomic E-state index is 0.541. The Kier molecular flexibility index (Phi) is 9.07. The molecule has 114 valence electrons. The summed E-state index contributed by atoms with van der Waals surface area (Å²) < 4.78 is 5.50. The maximum absolute atomic E-state index is 6.07. The van der Waals surface area contributed by atoms with Gasteiger partial charge in [0.05, 0.1) is 6.20 Å². The van der Waals surface area contributed by atoms with Crippen LogP contribution in [0.3, 0.4) is 0 Å². The quantitative estimate of drug-likeness (QED) is 0.612. The van der Waals surface area contributed by atoms with Crippen LogP contribution in [0.25, 0.3) is 0 Å². The number of rotatable bonds is 11. The fourth-order valence-electron chi connectivity index (χ4n) is 1.54. The summed E-state index contributed by atoms with van der Waals surface area (Å²) in [5.74, 6) is 1.28. The Balaban J connectivity index is 2.27. The summed E-state index contributed by atoms with van der Waals surface area (Å²) in [5, 5.41) is 6.90. The molecule has 2 N–H and O–H groups in total. The third-order valence-corrected chi connectivity index (χ3v) is 2.95. The second-order valence-electron chi connectivity index (χ2n) is 4.56. The third-order valence-electron chi connectivity index (χ3n) is 2.68. The van der Waals surface area contributed by atoms with E-state index in [9.17, 15) is 0 Å². The van der Waals surface area contributed by atoms with Gasteiger partial charge in [0.2, 0.25) is 5.95 Å². The van der Waals surface area contributed by atoms with E-state index in [0.29, 0.717) is 16.8 Å². The number of halogens is 1. The first-order chi connectivity index (χ1) is 9.77. The predicted molar refractivity (Wildman–Crippen MR) is 84.7 cm³/mol. The van der Waals surface area contributed by atoms with Crippen molar-refractivity contribution in [1.29, 1.82) is 0 Å². The van der Waals surface area contributed by atoms with E-state index in [1.165, 1.54) is 6.42 Å². The van der Waals surface area contributed by atoms with Crippen LogP contribution in [0.5, 0.6) is 0 Å². The highest BCUT2D eigenvalue weighted by Gasteiger charge is 2.04. The Bertz CT molecular complexity index is 376. The van der Waals surface area contributed by atoms with Crippen molar-refractivity contribution in [1.82, 2.24) is 9.97 Å². The molecule has 5 nitrogen and oxygen atoms in total. The van der Waals surface area contributed by atoms with Gasteiger partial charge < -0.3 is 15.4 Å². The molecule has 20 heavy (non-hydrogen) atoms. The molecule has 0 bridgehead atoms.